The third-order valence-electron chi connectivity index (χ3n) is 6.00. The molecule has 24 heavy (non-hydrogen) atoms. The zero-order chi connectivity index (χ0) is 15.9. The molecule has 0 amide bonds. The Morgan fingerprint density at radius 3 is 2.71 bits per heavy atom. The van der Waals surface area contributed by atoms with E-state index >= 15 is 0 Å². The van der Waals surface area contributed by atoms with Crippen molar-refractivity contribution in [3.8, 4) is 0 Å². The van der Waals surface area contributed by atoms with Crippen LogP contribution in [0.15, 0.2) is 36.7 Å². The van der Waals surface area contributed by atoms with Crippen molar-refractivity contribution < 1.29 is 0 Å². The molecule has 2 atom stereocenters. The molecular formula is C20H24N4. The standard InChI is InChI=1S/C20H24N4/c1-2-6-15(7-3-1)23-19-11-20(22-13-21-19)24-12-14-10-18(24)17-9-5-4-8-16(14)17/h4-5,8-9,11,13-15,18H,1-3,6-7,10,12H2,(H,21,22,23)/t14-,18+/m0/s1. The fourth-order valence-electron chi connectivity index (χ4n) is 4.83. The van der Waals surface area contributed by atoms with E-state index in [0.717, 1.165) is 18.2 Å². The molecular weight excluding hydrogens is 296 g/mol. The van der Waals surface area contributed by atoms with E-state index < -0.39 is 0 Å². The van der Waals surface area contributed by atoms with E-state index in [-0.39, 0.29) is 0 Å². The molecule has 0 radical (unpaired) electrons. The second kappa shape index (κ2) is 5.76. The predicted octanol–water partition coefficient (Wildman–Crippen LogP) is 4.27. The van der Waals surface area contributed by atoms with Crippen LogP contribution >= 0.6 is 0 Å². The molecule has 2 aliphatic carbocycles. The van der Waals surface area contributed by atoms with Crippen molar-refractivity contribution in [2.45, 2.75) is 56.5 Å². The first-order valence-corrected chi connectivity index (χ1v) is 9.32. The number of anilines is 2. The summed E-state index contributed by atoms with van der Waals surface area (Å²) < 4.78 is 0. The average molecular weight is 320 g/mol. The van der Waals surface area contributed by atoms with Gasteiger partial charge in [0.1, 0.15) is 18.0 Å². The van der Waals surface area contributed by atoms with Crippen LogP contribution in [0.5, 0.6) is 0 Å². The molecule has 0 spiro atoms. The van der Waals surface area contributed by atoms with Crippen molar-refractivity contribution in [1.82, 2.24) is 9.97 Å². The number of hydrogen-bond acceptors (Lipinski definition) is 4. The molecule has 0 unspecified atom stereocenters. The summed E-state index contributed by atoms with van der Waals surface area (Å²) in [5.74, 6) is 2.73. The van der Waals surface area contributed by atoms with Gasteiger partial charge < -0.3 is 10.2 Å². The van der Waals surface area contributed by atoms with Gasteiger partial charge in [0.05, 0.1) is 6.04 Å². The normalized spacial score (nSPS) is 25.8. The molecule has 5 rings (SSSR count). The smallest absolute Gasteiger partial charge is 0.134 e. The third-order valence-corrected chi connectivity index (χ3v) is 6.00. The van der Waals surface area contributed by atoms with Gasteiger partial charge in [-0.1, -0.05) is 43.5 Å². The molecule has 1 saturated heterocycles. The topological polar surface area (TPSA) is 41.0 Å². The Kier molecular flexibility index (Phi) is 3.42. The molecule has 2 fully saturated rings. The van der Waals surface area contributed by atoms with Crippen LogP contribution in [0.1, 0.15) is 61.6 Å². The Labute approximate surface area is 143 Å². The van der Waals surface area contributed by atoms with Crippen LogP contribution in [0.25, 0.3) is 0 Å². The second-order valence-corrected chi connectivity index (χ2v) is 7.47. The predicted molar refractivity (Wildman–Crippen MR) is 96.4 cm³/mol. The molecule has 2 aromatic rings. The lowest BCUT2D eigenvalue weighted by Gasteiger charge is -2.30. The van der Waals surface area contributed by atoms with E-state index in [4.69, 9.17) is 0 Å². The van der Waals surface area contributed by atoms with Gasteiger partial charge in [0.15, 0.2) is 0 Å². The SMILES string of the molecule is c1ccc2c(c1)[C@H]1C[C@H]2N(c2cc(NC3CCCCC3)ncn2)C1. The van der Waals surface area contributed by atoms with E-state index in [0.29, 0.717) is 18.0 Å². The molecule has 4 nitrogen and oxygen atoms in total. The van der Waals surface area contributed by atoms with Crippen molar-refractivity contribution >= 4 is 11.6 Å². The zero-order valence-electron chi connectivity index (χ0n) is 14.0. The van der Waals surface area contributed by atoms with Gasteiger partial charge in [-0.2, -0.15) is 0 Å². The Morgan fingerprint density at radius 2 is 1.83 bits per heavy atom. The molecule has 3 aliphatic rings. The average Bonchev–Trinajstić information content (AvgIpc) is 3.23. The lowest BCUT2D eigenvalue weighted by Crippen LogP contribution is -2.28. The highest BCUT2D eigenvalue weighted by Crippen LogP contribution is 2.51. The van der Waals surface area contributed by atoms with Crippen LogP contribution in [0.4, 0.5) is 11.6 Å². The number of aromatic nitrogens is 2. The van der Waals surface area contributed by atoms with Gasteiger partial charge in [0.2, 0.25) is 0 Å². The maximum atomic E-state index is 4.58. The van der Waals surface area contributed by atoms with E-state index in [1.165, 1.54) is 44.1 Å². The quantitative estimate of drug-likeness (QED) is 0.917. The first-order valence-electron chi connectivity index (χ1n) is 9.32. The van der Waals surface area contributed by atoms with Crippen LogP contribution in [-0.2, 0) is 0 Å². The van der Waals surface area contributed by atoms with Crippen molar-refractivity contribution in [3.63, 3.8) is 0 Å². The number of fused-ring (bicyclic) bond motifs is 5. The fourth-order valence-corrected chi connectivity index (χ4v) is 4.83. The lowest BCUT2D eigenvalue weighted by molar-refractivity contribution is 0.462. The number of nitrogens with one attached hydrogen (secondary N) is 1. The first kappa shape index (κ1) is 14.3. The minimum Gasteiger partial charge on any atom is -0.367 e. The molecule has 1 aliphatic heterocycles. The minimum atomic E-state index is 0.489. The molecule has 124 valence electrons. The van der Waals surface area contributed by atoms with Crippen LogP contribution < -0.4 is 10.2 Å². The van der Waals surface area contributed by atoms with Gasteiger partial charge >= 0.3 is 0 Å². The highest BCUT2D eigenvalue weighted by molar-refractivity contribution is 5.56. The fraction of sp³-hybridized carbons (Fsp3) is 0.500. The number of nitrogens with zero attached hydrogens (tertiary/aromatic N) is 3. The van der Waals surface area contributed by atoms with Crippen molar-refractivity contribution in [2.24, 2.45) is 0 Å². The summed E-state index contributed by atoms with van der Waals surface area (Å²) in [6.45, 7) is 1.08. The summed E-state index contributed by atoms with van der Waals surface area (Å²) in [5.41, 5.74) is 3.04. The number of hydrogen-bond donors (Lipinski definition) is 1. The van der Waals surface area contributed by atoms with Crippen LogP contribution in [-0.4, -0.2) is 22.6 Å². The van der Waals surface area contributed by atoms with E-state index in [9.17, 15) is 0 Å². The highest BCUT2D eigenvalue weighted by atomic mass is 15.3. The van der Waals surface area contributed by atoms with Gasteiger partial charge in [-0.05, 0) is 30.4 Å². The van der Waals surface area contributed by atoms with Gasteiger partial charge in [-0.25, -0.2) is 9.97 Å². The molecule has 2 bridgehead atoms. The number of benzene rings is 1. The summed E-state index contributed by atoms with van der Waals surface area (Å²) >= 11 is 0. The van der Waals surface area contributed by atoms with Crippen LogP contribution in [0.3, 0.4) is 0 Å². The molecule has 1 aromatic carbocycles. The van der Waals surface area contributed by atoms with Crippen molar-refractivity contribution in [3.05, 3.63) is 47.8 Å². The summed E-state index contributed by atoms with van der Waals surface area (Å²) in [4.78, 5) is 11.5. The maximum absolute atomic E-state index is 4.58. The molecule has 4 heteroatoms. The summed E-state index contributed by atoms with van der Waals surface area (Å²) in [6.07, 6.45) is 9.53. The molecule has 1 N–H and O–H groups in total. The third kappa shape index (κ3) is 2.36. The minimum absolute atomic E-state index is 0.489. The Balaban J connectivity index is 1.38. The first-order chi connectivity index (χ1) is 11.9. The van der Waals surface area contributed by atoms with Gasteiger partial charge in [0, 0.05) is 24.6 Å². The number of rotatable bonds is 3. The monoisotopic (exact) mass is 320 g/mol. The Bertz CT molecular complexity index is 738. The lowest BCUT2D eigenvalue weighted by atomic mass is 9.95. The summed E-state index contributed by atoms with van der Waals surface area (Å²) in [6, 6.07) is 12.1. The van der Waals surface area contributed by atoms with E-state index in [1.54, 1.807) is 11.9 Å². The van der Waals surface area contributed by atoms with Crippen molar-refractivity contribution in [2.75, 3.05) is 16.8 Å². The maximum Gasteiger partial charge on any atom is 0.134 e. The Morgan fingerprint density at radius 1 is 1.00 bits per heavy atom. The summed E-state index contributed by atoms with van der Waals surface area (Å²) in [5, 5.41) is 3.63. The van der Waals surface area contributed by atoms with Gasteiger partial charge in [-0.3, -0.25) is 0 Å². The van der Waals surface area contributed by atoms with Crippen LogP contribution in [0, 0.1) is 0 Å². The van der Waals surface area contributed by atoms with E-state index in [1.807, 2.05) is 0 Å². The van der Waals surface area contributed by atoms with E-state index in [2.05, 4.69) is 50.5 Å². The van der Waals surface area contributed by atoms with Crippen LogP contribution in [0.2, 0.25) is 0 Å². The summed E-state index contributed by atoms with van der Waals surface area (Å²) in [7, 11) is 0. The molecule has 2 heterocycles. The molecule has 1 saturated carbocycles. The van der Waals surface area contributed by atoms with Gasteiger partial charge in [0.25, 0.3) is 0 Å². The largest absolute Gasteiger partial charge is 0.367 e. The zero-order valence-corrected chi connectivity index (χ0v) is 14.0. The Hall–Kier alpha value is -2.10. The van der Waals surface area contributed by atoms with Gasteiger partial charge in [-0.15, -0.1) is 0 Å². The highest BCUT2D eigenvalue weighted by Gasteiger charge is 2.42. The second-order valence-electron chi connectivity index (χ2n) is 7.47. The molecule has 1 aromatic heterocycles. The van der Waals surface area contributed by atoms with Crippen molar-refractivity contribution in [1.29, 1.82) is 0 Å².